The van der Waals surface area contributed by atoms with Crippen LogP contribution in [0, 0.1) is 5.92 Å². The van der Waals surface area contributed by atoms with Gasteiger partial charge in [0.05, 0.1) is 12.5 Å². The highest BCUT2D eigenvalue weighted by atomic mass is 16.3. The number of hydrogen-bond donors (Lipinski definition) is 4. The standard InChI is InChI=1S/C10H18N4O4/c11-8(16)7(15)4-13-9(17)6-2-1-3-14(5-6)10(12)18/h6-7,15H,1-5H2,(H2,11,16)(H2,12,18)(H,13,17). The molecule has 8 heteroatoms. The van der Waals surface area contributed by atoms with Crippen molar-refractivity contribution >= 4 is 17.8 Å². The van der Waals surface area contributed by atoms with E-state index in [1.54, 1.807) is 0 Å². The molecule has 2 unspecified atom stereocenters. The first-order valence-corrected chi connectivity index (χ1v) is 5.71. The van der Waals surface area contributed by atoms with E-state index >= 15 is 0 Å². The summed E-state index contributed by atoms with van der Waals surface area (Å²) in [5, 5.41) is 11.6. The Balaban J connectivity index is 2.42. The van der Waals surface area contributed by atoms with E-state index in [2.05, 4.69) is 5.32 Å². The molecule has 102 valence electrons. The fourth-order valence-electron chi connectivity index (χ4n) is 1.83. The Morgan fingerprint density at radius 3 is 2.61 bits per heavy atom. The lowest BCUT2D eigenvalue weighted by molar-refractivity contribution is -0.129. The van der Waals surface area contributed by atoms with E-state index in [-0.39, 0.29) is 24.9 Å². The predicted octanol–water partition coefficient (Wildman–Crippen LogP) is -2.26. The molecule has 1 heterocycles. The third-order valence-electron chi connectivity index (χ3n) is 2.90. The molecular weight excluding hydrogens is 240 g/mol. The van der Waals surface area contributed by atoms with Crippen LogP contribution < -0.4 is 16.8 Å². The second-order valence-electron chi connectivity index (χ2n) is 4.29. The van der Waals surface area contributed by atoms with Crippen LogP contribution in [0.3, 0.4) is 0 Å². The lowest BCUT2D eigenvalue weighted by Crippen LogP contribution is -2.49. The maximum atomic E-state index is 11.7. The molecule has 0 aliphatic carbocycles. The molecule has 1 rings (SSSR count). The highest BCUT2D eigenvalue weighted by Crippen LogP contribution is 2.16. The number of nitrogens with zero attached hydrogens (tertiary/aromatic N) is 1. The minimum absolute atomic E-state index is 0.221. The van der Waals surface area contributed by atoms with Crippen LogP contribution in [0.4, 0.5) is 4.79 Å². The zero-order valence-corrected chi connectivity index (χ0v) is 9.96. The molecule has 1 aliphatic rings. The van der Waals surface area contributed by atoms with E-state index in [0.29, 0.717) is 19.4 Å². The zero-order chi connectivity index (χ0) is 13.7. The van der Waals surface area contributed by atoms with Crippen LogP contribution in [0.25, 0.3) is 0 Å². The lowest BCUT2D eigenvalue weighted by Gasteiger charge is -2.30. The van der Waals surface area contributed by atoms with Gasteiger partial charge in [0.2, 0.25) is 11.8 Å². The van der Waals surface area contributed by atoms with E-state index in [9.17, 15) is 14.4 Å². The van der Waals surface area contributed by atoms with Crippen molar-refractivity contribution < 1.29 is 19.5 Å². The van der Waals surface area contributed by atoms with Crippen molar-refractivity contribution in [3.63, 3.8) is 0 Å². The summed E-state index contributed by atoms with van der Waals surface area (Å²) in [6.45, 7) is 0.581. The van der Waals surface area contributed by atoms with E-state index in [0.717, 1.165) is 0 Å². The van der Waals surface area contributed by atoms with E-state index in [1.807, 2.05) is 0 Å². The SMILES string of the molecule is NC(=O)C(O)CNC(=O)C1CCCN(C(N)=O)C1. The molecule has 1 aliphatic heterocycles. The average Bonchev–Trinajstić information content (AvgIpc) is 2.35. The van der Waals surface area contributed by atoms with Gasteiger partial charge in [0.25, 0.3) is 0 Å². The number of aliphatic hydroxyl groups is 1. The van der Waals surface area contributed by atoms with Gasteiger partial charge in [0.15, 0.2) is 0 Å². The quantitative estimate of drug-likeness (QED) is 0.452. The summed E-state index contributed by atoms with van der Waals surface area (Å²) in [6, 6.07) is -0.551. The number of nitrogens with two attached hydrogens (primary N) is 2. The third kappa shape index (κ3) is 3.88. The summed E-state index contributed by atoms with van der Waals surface area (Å²) in [5.41, 5.74) is 10.00. The van der Waals surface area contributed by atoms with Crippen molar-refractivity contribution in [2.45, 2.75) is 18.9 Å². The minimum Gasteiger partial charge on any atom is -0.381 e. The molecule has 0 spiro atoms. The van der Waals surface area contributed by atoms with Crippen molar-refractivity contribution in [3.8, 4) is 0 Å². The second kappa shape index (κ2) is 6.20. The summed E-state index contributed by atoms with van der Waals surface area (Å²) < 4.78 is 0. The van der Waals surface area contributed by atoms with Gasteiger partial charge in [-0.15, -0.1) is 0 Å². The number of aliphatic hydroxyl groups excluding tert-OH is 1. The monoisotopic (exact) mass is 258 g/mol. The maximum Gasteiger partial charge on any atom is 0.314 e. The van der Waals surface area contributed by atoms with Crippen LogP contribution in [0.1, 0.15) is 12.8 Å². The third-order valence-corrected chi connectivity index (χ3v) is 2.90. The molecular formula is C10H18N4O4. The number of amides is 4. The Hall–Kier alpha value is -1.83. The maximum absolute atomic E-state index is 11.7. The minimum atomic E-state index is -1.40. The van der Waals surface area contributed by atoms with Gasteiger partial charge < -0.3 is 26.8 Å². The largest absolute Gasteiger partial charge is 0.381 e. The van der Waals surface area contributed by atoms with Gasteiger partial charge in [-0.2, -0.15) is 0 Å². The topological polar surface area (TPSA) is 139 Å². The first kappa shape index (κ1) is 14.2. The van der Waals surface area contributed by atoms with E-state index in [4.69, 9.17) is 16.6 Å². The molecule has 0 saturated carbocycles. The molecule has 0 aromatic rings. The van der Waals surface area contributed by atoms with Crippen LogP contribution in [0.15, 0.2) is 0 Å². The zero-order valence-electron chi connectivity index (χ0n) is 9.96. The molecule has 2 atom stereocenters. The number of primary amides is 2. The molecule has 1 saturated heterocycles. The first-order chi connectivity index (χ1) is 8.41. The van der Waals surface area contributed by atoms with Gasteiger partial charge in [-0.25, -0.2) is 4.79 Å². The van der Waals surface area contributed by atoms with Crippen LogP contribution in [0.5, 0.6) is 0 Å². The van der Waals surface area contributed by atoms with Crippen molar-refractivity contribution in [2.75, 3.05) is 19.6 Å². The van der Waals surface area contributed by atoms with Gasteiger partial charge in [-0.3, -0.25) is 9.59 Å². The van der Waals surface area contributed by atoms with Gasteiger partial charge in [0.1, 0.15) is 6.10 Å². The number of urea groups is 1. The number of nitrogens with one attached hydrogen (secondary N) is 1. The molecule has 6 N–H and O–H groups in total. The molecule has 0 aromatic heterocycles. The Bertz CT molecular complexity index is 347. The van der Waals surface area contributed by atoms with Crippen LogP contribution in [-0.4, -0.2) is 53.6 Å². The summed E-state index contributed by atoms with van der Waals surface area (Å²) in [6.07, 6.45) is -0.0633. The number of piperidine rings is 1. The van der Waals surface area contributed by atoms with Crippen molar-refractivity contribution in [1.82, 2.24) is 10.2 Å². The Morgan fingerprint density at radius 2 is 2.06 bits per heavy atom. The fourth-order valence-corrected chi connectivity index (χ4v) is 1.83. The number of hydrogen-bond acceptors (Lipinski definition) is 4. The summed E-state index contributed by atoms with van der Waals surface area (Å²) >= 11 is 0. The molecule has 4 amide bonds. The summed E-state index contributed by atoms with van der Waals surface area (Å²) in [5.74, 6) is -1.58. The highest BCUT2D eigenvalue weighted by Gasteiger charge is 2.27. The summed E-state index contributed by atoms with van der Waals surface area (Å²) in [4.78, 5) is 34.7. The smallest absolute Gasteiger partial charge is 0.314 e. The fraction of sp³-hybridized carbons (Fsp3) is 0.700. The Kier molecular flexibility index (Phi) is 4.90. The van der Waals surface area contributed by atoms with Crippen molar-refractivity contribution in [1.29, 1.82) is 0 Å². The molecule has 0 radical (unpaired) electrons. The van der Waals surface area contributed by atoms with Crippen LogP contribution >= 0.6 is 0 Å². The van der Waals surface area contributed by atoms with Crippen molar-refractivity contribution in [2.24, 2.45) is 17.4 Å². The molecule has 18 heavy (non-hydrogen) atoms. The molecule has 0 aromatic carbocycles. The van der Waals surface area contributed by atoms with E-state index in [1.165, 1.54) is 4.90 Å². The molecule has 8 nitrogen and oxygen atoms in total. The highest BCUT2D eigenvalue weighted by molar-refractivity contribution is 5.82. The lowest BCUT2D eigenvalue weighted by atomic mass is 9.97. The number of likely N-dealkylation sites (tertiary alicyclic amines) is 1. The van der Waals surface area contributed by atoms with Crippen LogP contribution in [-0.2, 0) is 9.59 Å². The first-order valence-electron chi connectivity index (χ1n) is 5.71. The van der Waals surface area contributed by atoms with Gasteiger partial charge in [-0.1, -0.05) is 0 Å². The number of carbonyl (C=O) groups excluding carboxylic acids is 3. The Labute approximate surface area is 104 Å². The summed E-state index contributed by atoms with van der Waals surface area (Å²) in [7, 11) is 0. The normalized spacial score (nSPS) is 21.2. The number of rotatable bonds is 4. The van der Waals surface area contributed by atoms with Crippen LogP contribution in [0.2, 0.25) is 0 Å². The van der Waals surface area contributed by atoms with Gasteiger partial charge >= 0.3 is 6.03 Å². The molecule has 1 fully saturated rings. The van der Waals surface area contributed by atoms with Crippen molar-refractivity contribution in [3.05, 3.63) is 0 Å². The second-order valence-corrected chi connectivity index (χ2v) is 4.29. The Morgan fingerprint density at radius 1 is 1.39 bits per heavy atom. The van der Waals surface area contributed by atoms with E-state index < -0.39 is 18.0 Å². The van der Waals surface area contributed by atoms with Gasteiger partial charge in [0, 0.05) is 13.1 Å². The number of carbonyl (C=O) groups is 3. The van der Waals surface area contributed by atoms with Gasteiger partial charge in [-0.05, 0) is 12.8 Å². The molecule has 0 bridgehead atoms. The average molecular weight is 258 g/mol. The predicted molar refractivity (Wildman–Crippen MR) is 62.1 cm³/mol.